The summed E-state index contributed by atoms with van der Waals surface area (Å²) in [6, 6.07) is 5.73. The molecular weight excluding hydrogens is 308 g/mol. The van der Waals surface area contributed by atoms with Crippen LogP contribution >= 0.6 is 11.5 Å². The first-order chi connectivity index (χ1) is 11.1. The summed E-state index contributed by atoms with van der Waals surface area (Å²) in [7, 11) is 0. The topological polar surface area (TPSA) is 62.1 Å². The van der Waals surface area contributed by atoms with Crippen LogP contribution in [0.2, 0.25) is 0 Å². The van der Waals surface area contributed by atoms with E-state index in [1.165, 1.54) is 16.4 Å². The molecule has 124 valence electrons. The molecule has 2 aromatic rings. The molecule has 0 aliphatic carbocycles. The van der Waals surface area contributed by atoms with Crippen LogP contribution in [0, 0.1) is 5.92 Å². The normalized spacial score (nSPS) is 18.4. The maximum atomic E-state index is 10.5. The Morgan fingerprint density at radius 3 is 2.74 bits per heavy atom. The van der Waals surface area contributed by atoms with Gasteiger partial charge in [0.25, 0.3) is 0 Å². The Hall–Kier alpha value is -1.37. The third-order valence-electron chi connectivity index (χ3n) is 4.57. The minimum Gasteiger partial charge on any atom is -0.387 e. The van der Waals surface area contributed by atoms with Crippen molar-refractivity contribution in [3.05, 3.63) is 40.7 Å². The minimum atomic E-state index is -0.449. The molecule has 23 heavy (non-hydrogen) atoms. The number of aliphatic hydroxyl groups is 1. The molecule has 0 spiro atoms. The number of hydrogen-bond acceptors (Lipinski definition) is 6. The summed E-state index contributed by atoms with van der Waals surface area (Å²) >= 11 is 1.51. The van der Waals surface area contributed by atoms with Gasteiger partial charge in [0.1, 0.15) is 0 Å². The van der Waals surface area contributed by atoms with E-state index in [0.29, 0.717) is 11.8 Å². The largest absolute Gasteiger partial charge is 0.387 e. The first-order valence-electron chi connectivity index (χ1n) is 8.27. The van der Waals surface area contributed by atoms with E-state index >= 15 is 0 Å². The number of nitrogens with zero attached hydrogens (tertiary/aromatic N) is 4. The van der Waals surface area contributed by atoms with Gasteiger partial charge in [0.15, 0.2) is 0 Å². The molecule has 1 aliphatic rings. The second-order valence-corrected chi connectivity index (χ2v) is 7.39. The monoisotopic (exact) mass is 332 g/mol. The van der Waals surface area contributed by atoms with Crippen LogP contribution in [0.3, 0.4) is 0 Å². The fraction of sp³-hybridized carbons (Fsp3) is 0.588. The Morgan fingerprint density at radius 1 is 1.30 bits per heavy atom. The Labute approximate surface area is 141 Å². The quantitative estimate of drug-likeness (QED) is 0.912. The highest BCUT2D eigenvalue weighted by Gasteiger charge is 2.27. The molecule has 2 aromatic heterocycles. The van der Waals surface area contributed by atoms with E-state index in [4.69, 9.17) is 0 Å². The van der Waals surface area contributed by atoms with E-state index in [2.05, 4.69) is 33.3 Å². The third kappa shape index (κ3) is 3.94. The van der Waals surface area contributed by atoms with Crippen molar-refractivity contribution in [2.45, 2.75) is 45.3 Å². The highest BCUT2D eigenvalue weighted by Crippen LogP contribution is 2.31. The van der Waals surface area contributed by atoms with E-state index in [1.807, 2.05) is 18.2 Å². The average molecular weight is 332 g/mol. The standard InChI is InChI=1S/C17H24N4OS/c1-12(2)16-15(23-20-19-16)11-21-9-6-13(7-10-21)17(22)14-5-3-4-8-18-14/h3-5,8,12-13,17,22H,6-7,9-11H2,1-2H3/t17-/m0/s1. The van der Waals surface area contributed by atoms with Gasteiger partial charge in [-0.3, -0.25) is 9.88 Å². The highest BCUT2D eigenvalue weighted by molar-refractivity contribution is 7.05. The summed E-state index contributed by atoms with van der Waals surface area (Å²) < 4.78 is 4.11. The van der Waals surface area contributed by atoms with Crippen molar-refractivity contribution >= 4 is 11.5 Å². The summed E-state index contributed by atoms with van der Waals surface area (Å²) in [5.41, 5.74) is 1.92. The number of aromatic nitrogens is 3. The second-order valence-electron chi connectivity index (χ2n) is 6.55. The Morgan fingerprint density at radius 2 is 2.09 bits per heavy atom. The van der Waals surface area contributed by atoms with Crippen LogP contribution in [-0.4, -0.2) is 37.7 Å². The molecule has 0 unspecified atom stereocenters. The SMILES string of the molecule is CC(C)c1nnsc1CN1CCC([C@H](O)c2ccccn2)CC1. The fourth-order valence-electron chi connectivity index (χ4n) is 3.19. The predicted octanol–water partition coefficient (Wildman–Crippen LogP) is 3.00. The summed E-state index contributed by atoms with van der Waals surface area (Å²) in [4.78, 5) is 8.01. The molecule has 0 amide bonds. The lowest BCUT2D eigenvalue weighted by molar-refractivity contribution is 0.0541. The molecule has 1 aliphatic heterocycles. The summed E-state index contributed by atoms with van der Waals surface area (Å²) in [6.45, 7) is 7.26. The van der Waals surface area contributed by atoms with Gasteiger partial charge in [-0.05, 0) is 61.4 Å². The van der Waals surface area contributed by atoms with E-state index in [9.17, 15) is 5.11 Å². The van der Waals surface area contributed by atoms with Crippen molar-refractivity contribution in [3.8, 4) is 0 Å². The Kier molecular flexibility index (Phi) is 5.35. The minimum absolute atomic E-state index is 0.297. The van der Waals surface area contributed by atoms with Crippen LogP contribution in [-0.2, 0) is 6.54 Å². The number of aliphatic hydroxyl groups excluding tert-OH is 1. The maximum Gasteiger partial charge on any atom is 0.0988 e. The Balaban J connectivity index is 1.55. The molecule has 0 saturated carbocycles. The molecule has 5 nitrogen and oxygen atoms in total. The number of piperidine rings is 1. The smallest absolute Gasteiger partial charge is 0.0988 e. The highest BCUT2D eigenvalue weighted by atomic mass is 32.1. The summed E-state index contributed by atoms with van der Waals surface area (Å²) in [6.07, 6.45) is 3.30. The van der Waals surface area contributed by atoms with Gasteiger partial charge < -0.3 is 5.11 Å². The van der Waals surface area contributed by atoms with Crippen molar-refractivity contribution in [3.63, 3.8) is 0 Å². The summed E-state index contributed by atoms with van der Waals surface area (Å²) in [5, 5.41) is 14.8. The van der Waals surface area contributed by atoms with Crippen molar-refractivity contribution in [2.75, 3.05) is 13.1 Å². The predicted molar refractivity (Wildman–Crippen MR) is 91.2 cm³/mol. The number of rotatable bonds is 5. The zero-order valence-electron chi connectivity index (χ0n) is 13.7. The molecule has 3 heterocycles. The van der Waals surface area contributed by atoms with Crippen LogP contribution in [0.15, 0.2) is 24.4 Å². The lowest BCUT2D eigenvalue weighted by Crippen LogP contribution is -2.35. The Bertz CT molecular complexity index is 608. The van der Waals surface area contributed by atoms with Crippen LogP contribution in [0.5, 0.6) is 0 Å². The van der Waals surface area contributed by atoms with Crippen LogP contribution in [0.1, 0.15) is 55.0 Å². The van der Waals surface area contributed by atoms with Gasteiger partial charge in [0, 0.05) is 12.7 Å². The number of pyridine rings is 1. The number of likely N-dealkylation sites (tertiary alicyclic amines) is 1. The van der Waals surface area contributed by atoms with E-state index < -0.39 is 6.10 Å². The van der Waals surface area contributed by atoms with Gasteiger partial charge in [-0.1, -0.05) is 24.4 Å². The van der Waals surface area contributed by atoms with E-state index in [1.54, 1.807) is 6.20 Å². The molecule has 6 heteroatoms. The third-order valence-corrected chi connectivity index (χ3v) is 5.29. The molecule has 1 atom stereocenters. The molecule has 0 bridgehead atoms. The fourth-order valence-corrected chi connectivity index (χ4v) is 4.02. The lowest BCUT2D eigenvalue weighted by Gasteiger charge is -2.33. The number of hydrogen-bond donors (Lipinski definition) is 1. The molecule has 1 fully saturated rings. The van der Waals surface area contributed by atoms with Gasteiger partial charge in [0.05, 0.1) is 22.4 Å². The van der Waals surface area contributed by atoms with Crippen LogP contribution < -0.4 is 0 Å². The van der Waals surface area contributed by atoms with Crippen molar-refractivity contribution in [1.82, 2.24) is 19.5 Å². The van der Waals surface area contributed by atoms with Gasteiger partial charge in [-0.25, -0.2) is 0 Å². The second kappa shape index (κ2) is 7.47. The lowest BCUT2D eigenvalue weighted by atomic mass is 9.89. The van der Waals surface area contributed by atoms with Gasteiger partial charge in [-0.2, -0.15) is 0 Å². The first-order valence-corrected chi connectivity index (χ1v) is 9.05. The van der Waals surface area contributed by atoms with Crippen LogP contribution in [0.25, 0.3) is 0 Å². The maximum absolute atomic E-state index is 10.5. The van der Waals surface area contributed by atoms with E-state index in [-0.39, 0.29) is 0 Å². The summed E-state index contributed by atoms with van der Waals surface area (Å²) in [5.74, 6) is 0.720. The van der Waals surface area contributed by atoms with E-state index in [0.717, 1.165) is 43.9 Å². The van der Waals surface area contributed by atoms with Gasteiger partial charge in [-0.15, -0.1) is 5.10 Å². The average Bonchev–Trinajstić information content (AvgIpc) is 3.04. The molecule has 0 radical (unpaired) electrons. The van der Waals surface area contributed by atoms with Gasteiger partial charge >= 0.3 is 0 Å². The molecule has 1 saturated heterocycles. The molecule has 3 rings (SSSR count). The zero-order chi connectivity index (χ0) is 16.2. The molecular formula is C17H24N4OS. The van der Waals surface area contributed by atoms with Crippen molar-refractivity contribution in [2.24, 2.45) is 5.92 Å². The first kappa shape index (κ1) is 16.5. The van der Waals surface area contributed by atoms with Gasteiger partial charge in [0.2, 0.25) is 0 Å². The van der Waals surface area contributed by atoms with Crippen molar-refractivity contribution < 1.29 is 5.11 Å². The zero-order valence-corrected chi connectivity index (χ0v) is 14.5. The van der Waals surface area contributed by atoms with Crippen LogP contribution in [0.4, 0.5) is 0 Å². The van der Waals surface area contributed by atoms with Crippen molar-refractivity contribution in [1.29, 1.82) is 0 Å². The molecule has 0 aromatic carbocycles. The molecule has 1 N–H and O–H groups in total.